The molecule has 1 aromatic heterocycles. The second-order valence-electron chi connectivity index (χ2n) is 6.65. The molecule has 138 valence electrons. The summed E-state index contributed by atoms with van der Waals surface area (Å²) in [5.41, 5.74) is 2.59. The maximum Gasteiger partial charge on any atom is 0.341 e. The molecular formula is C22H21NO3S. The van der Waals surface area contributed by atoms with Crippen LogP contribution in [0, 0.1) is 0 Å². The Balaban J connectivity index is 1.59. The highest BCUT2D eigenvalue weighted by Gasteiger charge is 2.28. The van der Waals surface area contributed by atoms with Crippen LogP contribution in [-0.4, -0.2) is 18.5 Å². The van der Waals surface area contributed by atoms with Crippen molar-refractivity contribution in [1.29, 1.82) is 0 Å². The Morgan fingerprint density at radius 1 is 1.11 bits per heavy atom. The molecule has 0 saturated heterocycles. The lowest BCUT2D eigenvalue weighted by atomic mass is 10.0. The van der Waals surface area contributed by atoms with Crippen molar-refractivity contribution < 1.29 is 14.3 Å². The van der Waals surface area contributed by atoms with E-state index in [0.29, 0.717) is 17.2 Å². The van der Waals surface area contributed by atoms with E-state index >= 15 is 0 Å². The van der Waals surface area contributed by atoms with Gasteiger partial charge in [-0.15, -0.1) is 11.3 Å². The van der Waals surface area contributed by atoms with Crippen molar-refractivity contribution in [2.24, 2.45) is 0 Å². The molecule has 0 saturated carbocycles. The Kier molecular flexibility index (Phi) is 4.94. The standard InChI is InChI=1S/C22H21NO3S/c1-2-26-22(25)20-17-11-6-12-18(17)27-21(20)23-19(24)13-15-9-5-8-14-7-3-4-10-16(14)15/h3-5,7-10H,2,6,11-13H2,1H3,(H,23,24). The molecule has 0 unspecified atom stereocenters. The Bertz CT molecular complexity index is 1020. The molecule has 3 aromatic rings. The van der Waals surface area contributed by atoms with Crippen molar-refractivity contribution in [2.75, 3.05) is 11.9 Å². The minimum Gasteiger partial charge on any atom is -0.462 e. The Morgan fingerprint density at radius 3 is 2.78 bits per heavy atom. The fraction of sp³-hybridized carbons (Fsp3) is 0.273. The fourth-order valence-electron chi connectivity index (χ4n) is 3.70. The van der Waals surface area contributed by atoms with Gasteiger partial charge in [-0.1, -0.05) is 42.5 Å². The third-order valence-corrected chi connectivity index (χ3v) is 6.09. The number of anilines is 1. The lowest BCUT2D eigenvalue weighted by Gasteiger charge is -2.09. The summed E-state index contributed by atoms with van der Waals surface area (Å²) < 4.78 is 5.23. The highest BCUT2D eigenvalue weighted by atomic mass is 32.1. The van der Waals surface area contributed by atoms with Gasteiger partial charge in [-0.3, -0.25) is 4.79 Å². The molecule has 0 aliphatic heterocycles. The van der Waals surface area contributed by atoms with Crippen LogP contribution in [0.5, 0.6) is 0 Å². The molecule has 4 rings (SSSR count). The van der Waals surface area contributed by atoms with Gasteiger partial charge in [0.1, 0.15) is 5.00 Å². The fourth-order valence-corrected chi connectivity index (χ4v) is 5.00. The molecule has 4 nitrogen and oxygen atoms in total. The van der Waals surface area contributed by atoms with Crippen LogP contribution in [-0.2, 0) is 28.8 Å². The summed E-state index contributed by atoms with van der Waals surface area (Å²) in [5, 5.41) is 5.79. The van der Waals surface area contributed by atoms with Crippen molar-refractivity contribution in [2.45, 2.75) is 32.6 Å². The van der Waals surface area contributed by atoms with Crippen LogP contribution in [0.15, 0.2) is 42.5 Å². The Hall–Kier alpha value is -2.66. The number of nitrogens with one attached hydrogen (secondary N) is 1. The van der Waals surface area contributed by atoms with E-state index in [0.717, 1.165) is 41.2 Å². The zero-order chi connectivity index (χ0) is 18.8. The van der Waals surface area contributed by atoms with Gasteiger partial charge in [0.05, 0.1) is 18.6 Å². The number of thiophene rings is 1. The molecular weight excluding hydrogens is 358 g/mol. The van der Waals surface area contributed by atoms with Gasteiger partial charge in [-0.25, -0.2) is 4.79 Å². The average molecular weight is 379 g/mol. The van der Waals surface area contributed by atoms with E-state index in [1.807, 2.05) is 42.5 Å². The quantitative estimate of drug-likeness (QED) is 0.651. The van der Waals surface area contributed by atoms with Crippen molar-refractivity contribution >= 4 is 39.0 Å². The number of fused-ring (bicyclic) bond motifs is 2. The number of ether oxygens (including phenoxy) is 1. The number of carbonyl (C=O) groups excluding carboxylic acids is 2. The van der Waals surface area contributed by atoms with Crippen LogP contribution in [0.25, 0.3) is 10.8 Å². The maximum atomic E-state index is 12.7. The lowest BCUT2D eigenvalue weighted by molar-refractivity contribution is -0.115. The number of amides is 1. The van der Waals surface area contributed by atoms with Crippen LogP contribution >= 0.6 is 11.3 Å². The molecule has 1 amide bonds. The van der Waals surface area contributed by atoms with Gasteiger partial charge < -0.3 is 10.1 Å². The number of aryl methyl sites for hydroxylation is 1. The van der Waals surface area contributed by atoms with E-state index < -0.39 is 0 Å². The zero-order valence-electron chi connectivity index (χ0n) is 15.2. The molecule has 1 aliphatic carbocycles. The Morgan fingerprint density at radius 2 is 1.93 bits per heavy atom. The summed E-state index contributed by atoms with van der Waals surface area (Å²) in [5.74, 6) is -0.450. The van der Waals surface area contributed by atoms with Gasteiger partial charge in [0.15, 0.2) is 0 Å². The minimum absolute atomic E-state index is 0.114. The smallest absolute Gasteiger partial charge is 0.341 e. The van der Waals surface area contributed by atoms with Crippen LogP contribution in [0.3, 0.4) is 0 Å². The highest BCUT2D eigenvalue weighted by molar-refractivity contribution is 7.17. The van der Waals surface area contributed by atoms with E-state index in [4.69, 9.17) is 4.74 Å². The molecule has 0 atom stereocenters. The molecule has 0 fully saturated rings. The van der Waals surface area contributed by atoms with Crippen molar-refractivity contribution in [3.8, 4) is 0 Å². The number of hydrogen-bond donors (Lipinski definition) is 1. The zero-order valence-corrected chi connectivity index (χ0v) is 16.0. The van der Waals surface area contributed by atoms with E-state index in [9.17, 15) is 9.59 Å². The predicted octanol–water partition coefficient (Wildman–Crippen LogP) is 4.75. The van der Waals surface area contributed by atoms with Gasteiger partial charge >= 0.3 is 5.97 Å². The van der Waals surface area contributed by atoms with Crippen LogP contribution in [0.4, 0.5) is 5.00 Å². The summed E-state index contributed by atoms with van der Waals surface area (Å²) in [6.07, 6.45) is 3.16. The summed E-state index contributed by atoms with van der Waals surface area (Å²) in [4.78, 5) is 26.4. The van der Waals surface area contributed by atoms with E-state index in [-0.39, 0.29) is 18.3 Å². The number of hydrogen-bond acceptors (Lipinski definition) is 4. The molecule has 1 heterocycles. The predicted molar refractivity (Wildman–Crippen MR) is 109 cm³/mol. The summed E-state index contributed by atoms with van der Waals surface area (Å²) in [6, 6.07) is 14.0. The number of benzene rings is 2. The van der Waals surface area contributed by atoms with Gasteiger partial charge in [0.2, 0.25) is 5.91 Å². The van der Waals surface area contributed by atoms with Gasteiger partial charge in [-0.05, 0) is 48.1 Å². The van der Waals surface area contributed by atoms with Crippen molar-refractivity contribution in [3.05, 3.63) is 64.0 Å². The molecule has 0 spiro atoms. The minimum atomic E-state index is -0.336. The first kappa shape index (κ1) is 17.7. The number of rotatable bonds is 5. The molecule has 0 radical (unpaired) electrons. The van der Waals surface area contributed by atoms with E-state index in [2.05, 4.69) is 5.32 Å². The first-order valence-corrected chi connectivity index (χ1v) is 10.1. The third kappa shape index (κ3) is 3.47. The summed E-state index contributed by atoms with van der Waals surface area (Å²) in [6.45, 7) is 2.12. The maximum absolute atomic E-state index is 12.7. The summed E-state index contributed by atoms with van der Waals surface area (Å²) in [7, 11) is 0. The summed E-state index contributed by atoms with van der Waals surface area (Å²) >= 11 is 1.51. The van der Waals surface area contributed by atoms with E-state index in [1.54, 1.807) is 6.92 Å². The second-order valence-corrected chi connectivity index (χ2v) is 7.75. The molecule has 1 N–H and O–H groups in total. The largest absolute Gasteiger partial charge is 0.462 e. The van der Waals surface area contributed by atoms with Crippen molar-refractivity contribution in [1.82, 2.24) is 0 Å². The highest BCUT2D eigenvalue weighted by Crippen LogP contribution is 2.39. The van der Waals surface area contributed by atoms with Crippen LogP contribution < -0.4 is 5.32 Å². The second kappa shape index (κ2) is 7.53. The monoisotopic (exact) mass is 379 g/mol. The Labute approximate surface area is 162 Å². The first-order valence-electron chi connectivity index (χ1n) is 9.25. The number of carbonyl (C=O) groups is 2. The van der Waals surface area contributed by atoms with Crippen LogP contribution in [0.1, 0.15) is 39.7 Å². The van der Waals surface area contributed by atoms with Gasteiger partial charge in [-0.2, -0.15) is 0 Å². The first-order chi connectivity index (χ1) is 13.2. The van der Waals surface area contributed by atoms with E-state index in [1.165, 1.54) is 16.2 Å². The molecule has 0 bridgehead atoms. The van der Waals surface area contributed by atoms with Gasteiger partial charge in [0.25, 0.3) is 0 Å². The molecule has 2 aromatic carbocycles. The number of esters is 1. The molecule has 5 heteroatoms. The topological polar surface area (TPSA) is 55.4 Å². The van der Waals surface area contributed by atoms with Gasteiger partial charge in [0, 0.05) is 4.88 Å². The lowest BCUT2D eigenvalue weighted by Crippen LogP contribution is -2.17. The molecule has 1 aliphatic rings. The normalized spacial score (nSPS) is 12.8. The SMILES string of the molecule is CCOC(=O)c1c(NC(=O)Cc2cccc3ccccc23)sc2c1CCC2. The molecule has 27 heavy (non-hydrogen) atoms. The van der Waals surface area contributed by atoms with Crippen LogP contribution in [0.2, 0.25) is 0 Å². The third-order valence-electron chi connectivity index (χ3n) is 4.88. The average Bonchev–Trinajstić information content (AvgIpc) is 3.22. The van der Waals surface area contributed by atoms with Crippen molar-refractivity contribution in [3.63, 3.8) is 0 Å².